The molecule has 1 amide bonds. The third-order valence-corrected chi connectivity index (χ3v) is 6.10. The third-order valence-electron chi connectivity index (χ3n) is 4.67. The highest BCUT2D eigenvalue weighted by molar-refractivity contribution is 14.1. The molecule has 0 spiro atoms. The van der Waals surface area contributed by atoms with E-state index in [0.29, 0.717) is 28.1 Å². The average molecular weight is 577 g/mol. The summed E-state index contributed by atoms with van der Waals surface area (Å²) in [5.41, 5.74) is 4.21. The fraction of sp³-hybridized carbons (Fsp3) is 0.120. The number of rotatable bonds is 6. The van der Waals surface area contributed by atoms with Crippen molar-refractivity contribution in [1.29, 1.82) is 5.26 Å². The molecule has 3 aromatic rings. The van der Waals surface area contributed by atoms with Crippen LogP contribution in [-0.2, 0) is 11.4 Å². The summed E-state index contributed by atoms with van der Waals surface area (Å²) in [7, 11) is 0. The molecular formula is C25H19Cl2IN2O2. The largest absolute Gasteiger partial charge is 0.488 e. The Morgan fingerprint density at radius 2 is 1.91 bits per heavy atom. The Morgan fingerprint density at radius 1 is 1.12 bits per heavy atom. The molecule has 3 aromatic carbocycles. The lowest BCUT2D eigenvalue weighted by Gasteiger charge is -2.11. The zero-order valence-electron chi connectivity index (χ0n) is 17.4. The van der Waals surface area contributed by atoms with Crippen LogP contribution in [0.3, 0.4) is 0 Å². The van der Waals surface area contributed by atoms with Crippen LogP contribution in [-0.4, -0.2) is 5.91 Å². The minimum atomic E-state index is -0.450. The Hall–Kier alpha value is -2.53. The smallest absolute Gasteiger partial charge is 0.266 e. The Morgan fingerprint density at radius 3 is 2.59 bits per heavy atom. The second-order valence-corrected chi connectivity index (χ2v) is 9.16. The highest BCUT2D eigenvalue weighted by Crippen LogP contribution is 2.27. The average Bonchev–Trinajstić information content (AvgIpc) is 2.75. The maximum atomic E-state index is 12.6. The molecule has 0 heterocycles. The van der Waals surface area contributed by atoms with Crippen LogP contribution in [0, 0.1) is 28.7 Å². The van der Waals surface area contributed by atoms with Gasteiger partial charge in [0.2, 0.25) is 0 Å². The van der Waals surface area contributed by atoms with Gasteiger partial charge >= 0.3 is 0 Å². The maximum Gasteiger partial charge on any atom is 0.266 e. The van der Waals surface area contributed by atoms with Crippen molar-refractivity contribution in [2.24, 2.45) is 0 Å². The molecule has 0 saturated heterocycles. The van der Waals surface area contributed by atoms with Gasteiger partial charge in [0.1, 0.15) is 24.0 Å². The van der Waals surface area contributed by atoms with Crippen molar-refractivity contribution in [3.05, 3.63) is 96.0 Å². The quantitative estimate of drug-likeness (QED) is 0.190. The van der Waals surface area contributed by atoms with Crippen LogP contribution in [0.2, 0.25) is 10.0 Å². The molecule has 7 heteroatoms. The Balaban J connectivity index is 1.74. The van der Waals surface area contributed by atoms with Gasteiger partial charge in [-0.05, 0) is 89.5 Å². The van der Waals surface area contributed by atoms with Crippen molar-refractivity contribution in [2.45, 2.75) is 20.5 Å². The molecule has 0 aromatic heterocycles. The molecule has 0 saturated carbocycles. The number of halogens is 3. The fourth-order valence-electron chi connectivity index (χ4n) is 2.89. The zero-order valence-corrected chi connectivity index (χ0v) is 21.0. The van der Waals surface area contributed by atoms with Gasteiger partial charge in [-0.25, -0.2) is 0 Å². The van der Waals surface area contributed by atoms with Gasteiger partial charge in [-0.15, -0.1) is 0 Å². The number of hydrogen-bond acceptors (Lipinski definition) is 3. The molecule has 4 nitrogen and oxygen atoms in total. The Labute approximate surface area is 210 Å². The number of benzene rings is 3. The van der Waals surface area contributed by atoms with Crippen LogP contribution in [0.4, 0.5) is 5.69 Å². The molecule has 0 aliphatic rings. The number of ether oxygens (including phenoxy) is 1. The Bertz CT molecular complexity index is 1250. The van der Waals surface area contributed by atoms with Crippen molar-refractivity contribution < 1.29 is 9.53 Å². The minimum absolute atomic E-state index is 0.0170. The van der Waals surface area contributed by atoms with Crippen molar-refractivity contribution in [2.75, 3.05) is 5.32 Å². The summed E-state index contributed by atoms with van der Waals surface area (Å²) in [6.45, 7) is 4.15. The SMILES string of the molecule is Cc1ccc(C)c(NC(=O)/C(C#N)=C/c2ccc(OCc3ccc(Cl)cc3Cl)c(I)c2)c1. The lowest BCUT2D eigenvalue weighted by atomic mass is 10.1. The monoisotopic (exact) mass is 576 g/mol. The van der Waals surface area contributed by atoms with Crippen molar-refractivity contribution in [1.82, 2.24) is 0 Å². The van der Waals surface area contributed by atoms with Gasteiger partial charge in [-0.3, -0.25) is 4.79 Å². The molecule has 0 aliphatic carbocycles. The van der Waals surface area contributed by atoms with Gasteiger partial charge in [0.05, 0.1) is 3.57 Å². The second-order valence-electron chi connectivity index (χ2n) is 7.16. The highest BCUT2D eigenvalue weighted by atomic mass is 127. The van der Waals surface area contributed by atoms with Crippen molar-refractivity contribution >= 4 is 63.5 Å². The molecule has 32 heavy (non-hydrogen) atoms. The van der Waals surface area contributed by atoms with Gasteiger partial charge in [0.25, 0.3) is 5.91 Å². The molecule has 1 N–H and O–H groups in total. The first-order valence-corrected chi connectivity index (χ1v) is 11.5. The van der Waals surface area contributed by atoms with Gasteiger partial charge in [-0.1, -0.05) is 47.5 Å². The highest BCUT2D eigenvalue weighted by Gasteiger charge is 2.12. The predicted octanol–water partition coefficient (Wildman–Crippen LogP) is 7.34. The van der Waals surface area contributed by atoms with E-state index in [1.165, 1.54) is 0 Å². The summed E-state index contributed by atoms with van der Waals surface area (Å²) in [6.07, 6.45) is 1.56. The van der Waals surface area contributed by atoms with Crippen LogP contribution in [0.1, 0.15) is 22.3 Å². The van der Waals surface area contributed by atoms with Gasteiger partial charge < -0.3 is 10.1 Å². The van der Waals surface area contributed by atoms with Crippen LogP contribution >= 0.6 is 45.8 Å². The number of carbonyl (C=O) groups excluding carboxylic acids is 1. The molecule has 0 radical (unpaired) electrons. The van der Waals surface area contributed by atoms with Gasteiger partial charge in [0.15, 0.2) is 0 Å². The van der Waals surface area contributed by atoms with E-state index in [1.54, 1.807) is 30.3 Å². The number of nitrogens with one attached hydrogen (secondary N) is 1. The summed E-state index contributed by atoms with van der Waals surface area (Å²) in [6, 6.07) is 18.5. The first-order valence-electron chi connectivity index (χ1n) is 9.63. The number of amides is 1. The van der Waals surface area contributed by atoms with Crippen molar-refractivity contribution in [3.8, 4) is 11.8 Å². The van der Waals surface area contributed by atoms with E-state index in [1.807, 2.05) is 50.2 Å². The molecule has 0 unspecified atom stereocenters. The molecule has 3 rings (SSSR count). The molecule has 0 aliphatic heterocycles. The first-order chi connectivity index (χ1) is 15.3. The second kappa shape index (κ2) is 10.9. The van der Waals surface area contributed by atoms with E-state index in [0.717, 1.165) is 25.8 Å². The summed E-state index contributed by atoms with van der Waals surface area (Å²) in [4.78, 5) is 12.6. The van der Waals surface area contributed by atoms with E-state index in [2.05, 4.69) is 27.9 Å². The molecule has 0 atom stereocenters. The third kappa shape index (κ3) is 6.26. The number of nitriles is 1. The molecule has 162 valence electrons. The Kier molecular flexibility index (Phi) is 8.19. The van der Waals surface area contributed by atoms with Crippen molar-refractivity contribution in [3.63, 3.8) is 0 Å². The maximum absolute atomic E-state index is 12.6. The van der Waals surface area contributed by atoms with Crippen LogP contribution < -0.4 is 10.1 Å². The summed E-state index contributed by atoms with van der Waals surface area (Å²) >= 11 is 14.3. The molecule has 0 fully saturated rings. The zero-order chi connectivity index (χ0) is 23.3. The molecule has 0 bridgehead atoms. The summed E-state index contributed by atoms with van der Waals surface area (Å²) in [5.74, 6) is 0.223. The van der Waals surface area contributed by atoms with Gasteiger partial charge in [-0.2, -0.15) is 5.26 Å². The first kappa shape index (κ1) is 24.1. The van der Waals surface area contributed by atoms with E-state index in [-0.39, 0.29) is 5.57 Å². The number of anilines is 1. The lowest BCUT2D eigenvalue weighted by Crippen LogP contribution is -2.14. The lowest BCUT2D eigenvalue weighted by molar-refractivity contribution is -0.112. The number of aryl methyl sites for hydroxylation is 2. The van der Waals surface area contributed by atoms with Gasteiger partial charge in [0, 0.05) is 21.3 Å². The normalized spacial score (nSPS) is 11.1. The number of hydrogen-bond donors (Lipinski definition) is 1. The predicted molar refractivity (Wildman–Crippen MR) is 138 cm³/mol. The summed E-state index contributed by atoms with van der Waals surface area (Å²) < 4.78 is 6.72. The van der Waals surface area contributed by atoms with E-state index in [4.69, 9.17) is 27.9 Å². The van der Waals surface area contributed by atoms with E-state index < -0.39 is 5.91 Å². The molecular weight excluding hydrogens is 558 g/mol. The van der Waals surface area contributed by atoms with Crippen LogP contribution in [0.15, 0.2) is 60.2 Å². The number of nitrogens with zero attached hydrogens (tertiary/aromatic N) is 1. The number of carbonyl (C=O) groups is 1. The van der Waals surface area contributed by atoms with E-state index in [9.17, 15) is 10.1 Å². The van der Waals surface area contributed by atoms with Crippen LogP contribution in [0.25, 0.3) is 6.08 Å². The van der Waals surface area contributed by atoms with Crippen LogP contribution in [0.5, 0.6) is 5.75 Å². The summed E-state index contributed by atoms with van der Waals surface area (Å²) in [5, 5.41) is 13.4. The fourth-order valence-corrected chi connectivity index (χ4v) is 4.05. The minimum Gasteiger partial charge on any atom is -0.488 e. The topological polar surface area (TPSA) is 62.1 Å². The van der Waals surface area contributed by atoms with E-state index >= 15 is 0 Å². The standard InChI is InChI=1S/C25H19Cl2IN2O2/c1-15-3-4-16(2)23(9-15)30-25(31)19(13-29)10-17-5-8-24(22(28)11-17)32-14-18-6-7-20(26)12-21(18)27/h3-12H,14H2,1-2H3,(H,30,31)/b19-10+.